The van der Waals surface area contributed by atoms with Crippen LogP contribution in [0.4, 0.5) is 0 Å². The minimum atomic E-state index is -4.26. The van der Waals surface area contributed by atoms with Crippen molar-refractivity contribution in [3.05, 3.63) is 101 Å². The Balaban J connectivity index is 1.60. The van der Waals surface area contributed by atoms with E-state index < -0.39 is 34.1 Å². The van der Waals surface area contributed by atoms with E-state index in [1.807, 2.05) is 66.7 Å². The van der Waals surface area contributed by atoms with Crippen LogP contribution in [0.2, 0.25) is 0 Å². The Kier molecular flexibility index (Phi) is 8.85. The first-order chi connectivity index (χ1) is 18.3. The van der Waals surface area contributed by atoms with Crippen molar-refractivity contribution in [1.29, 1.82) is 0 Å². The molecule has 38 heavy (non-hydrogen) atoms. The highest BCUT2D eigenvalue weighted by Crippen LogP contribution is 2.31. The fraction of sp³-hybridized carbons (Fsp3) is 0.296. The van der Waals surface area contributed by atoms with E-state index in [-0.39, 0.29) is 12.5 Å². The Hall–Kier alpha value is -3.64. The molecule has 1 aliphatic heterocycles. The molecule has 4 rings (SSSR count). The van der Waals surface area contributed by atoms with E-state index >= 15 is 0 Å². The lowest BCUT2D eigenvalue weighted by molar-refractivity contribution is -0.140. The summed E-state index contributed by atoms with van der Waals surface area (Å²) in [6.07, 6.45) is 2.72. The molecule has 10 nitrogen and oxygen atoms in total. The topological polar surface area (TPSA) is 161 Å². The number of nitrogens with one attached hydrogen (secondary N) is 2. The third-order valence-corrected chi connectivity index (χ3v) is 7.19. The van der Waals surface area contributed by atoms with Crippen molar-refractivity contribution in [2.45, 2.75) is 43.9 Å². The third kappa shape index (κ3) is 6.81. The normalized spacial score (nSPS) is 16.4. The fourth-order valence-electron chi connectivity index (χ4n) is 4.81. The molecule has 6 N–H and O–H groups in total. The molecule has 0 spiro atoms. The van der Waals surface area contributed by atoms with Gasteiger partial charge in [0.25, 0.3) is 10.2 Å². The second-order valence-electron chi connectivity index (χ2n) is 9.21. The highest BCUT2D eigenvalue weighted by Gasteiger charge is 2.41. The summed E-state index contributed by atoms with van der Waals surface area (Å²) in [4.78, 5) is 32.9. The van der Waals surface area contributed by atoms with Gasteiger partial charge in [-0.1, -0.05) is 66.7 Å². The maximum absolute atomic E-state index is 14.0. The minimum absolute atomic E-state index is 0.241. The zero-order chi connectivity index (χ0) is 27.1. The smallest absolute Gasteiger partial charge is 0.275 e. The van der Waals surface area contributed by atoms with Gasteiger partial charge in [-0.05, 0) is 35.6 Å². The zero-order valence-electron chi connectivity index (χ0n) is 20.9. The van der Waals surface area contributed by atoms with Crippen LogP contribution >= 0.6 is 0 Å². The van der Waals surface area contributed by atoms with Gasteiger partial charge in [0.2, 0.25) is 11.8 Å². The molecule has 2 atom stereocenters. The highest BCUT2D eigenvalue weighted by atomic mass is 32.2. The Bertz CT molecular complexity index is 1300. The molecule has 0 aliphatic carbocycles. The molecule has 2 aromatic carbocycles. The van der Waals surface area contributed by atoms with Gasteiger partial charge in [-0.2, -0.15) is 13.1 Å². The lowest BCUT2D eigenvalue weighted by atomic mass is 9.84. The van der Waals surface area contributed by atoms with Crippen molar-refractivity contribution in [2.24, 2.45) is 10.9 Å². The van der Waals surface area contributed by atoms with Gasteiger partial charge in [-0.15, -0.1) is 0 Å². The lowest BCUT2D eigenvalue weighted by Gasteiger charge is -2.33. The van der Waals surface area contributed by atoms with E-state index in [2.05, 4.69) is 15.0 Å². The quantitative estimate of drug-likeness (QED) is 0.304. The fourth-order valence-corrected chi connectivity index (χ4v) is 5.40. The molecule has 0 unspecified atom stereocenters. The van der Waals surface area contributed by atoms with Crippen LogP contribution < -0.4 is 20.9 Å². The number of carbonyl (C=O) groups excluding carboxylic acids is 2. The van der Waals surface area contributed by atoms with Gasteiger partial charge in [0.05, 0.1) is 5.69 Å². The number of aromatic nitrogens is 1. The van der Waals surface area contributed by atoms with Crippen LogP contribution in [0.15, 0.2) is 79.0 Å². The number of hydrogen-bond donors (Lipinski definition) is 4. The standard InChI is InChI=1S/C27H32N6O4S/c28-16-22-14-13-19(17-30-22)18-31-26(34)23-12-7-15-33(23)27(35)25(32-38(29,36)37)24(20-8-3-1-4-9-20)21-10-5-2-6-11-21/h1-6,8-11,13-14,17,23-25,32H,7,12,15-16,18,28H2,(H,31,34)(H2,29,36,37)/t23-,25+/m0/s1. The largest absolute Gasteiger partial charge is 0.350 e. The molecule has 0 bridgehead atoms. The second kappa shape index (κ2) is 12.3. The average Bonchev–Trinajstić information content (AvgIpc) is 3.42. The van der Waals surface area contributed by atoms with Gasteiger partial charge in [0, 0.05) is 31.7 Å². The second-order valence-corrected chi connectivity index (χ2v) is 10.5. The molecular formula is C27H32N6O4S. The van der Waals surface area contributed by atoms with Crippen LogP contribution in [0.3, 0.4) is 0 Å². The molecule has 2 heterocycles. The number of amides is 2. The zero-order valence-corrected chi connectivity index (χ0v) is 21.7. The summed E-state index contributed by atoms with van der Waals surface area (Å²) in [6.45, 7) is 0.889. The highest BCUT2D eigenvalue weighted by molar-refractivity contribution is 7.87. The van der Waals surface area contributed by atoms with E-state index in [1.165, 1.54) is 4.90 Å². The molecule has 1 aliphatic rings. The van der Waals surface area contributed by atoms with Crippen molar-refractivity contribution in [3.8, 4) is 0 Å². The summed E-state index contributed by atoms with van der Waals surface area (Å²) in [5.41, 5.74) is 8.60. The molecule has 1 fully saturated rings. The summed E-state index contributed by atoms with van der Waals surface area (Å²) < 4.78 is 26.9. The SMILES string of the molecule is NCc1ccc(CNC(=O)[C@@H]2CCCN2C(=O)[C@H](NS(N)(=O)=O)C(c2ccccc2)c2ccccc2)cn1. The van der Waals surface area contributed by atoms with Crippen LogP contribution in [0.25, 0.3) is 0 Å². The average molecular weight is 537 g/mol. The maximum Gasteiger partial charge on any atom is 0.275 e. The number of pyridine rings is 1. The number of hydrogen-bond acceptors (Lipinski definition) is 6. The number of nitrogens with two attached hydrogens (primary N) is 2. The van der Waals surface area contributed by atoms with E-state index in [0.29, 0.717) is 25.9 Å². The third-order valence-electron chi connectivity index (χ3n) is 6.61. The molecule has 1 aromatic heterocycles. The van der Waals surface area contributed by atoms with Crippen molar-refractivity contribution in [1.82, 2.24) is 19.9 Å². The van der Waals surface area contributed by atoms with Crippen molar-refractivity contribution in [3.63, 3.8) is 0 Å². The van der Waals surface area contributed by atoms with E-state index in [1.54, 1.807) is 12.3 Å². The number of rotatable bonds is 10. The monoisotopic (exact) mass is 536 g/mol. The molecule has 3 aromatic rings. The molecule has 11 heteroatoms. The van der Waals surface area contributed by atoms with Crippen LogP contribution in [0, 0.1) is 0 Å². The number of benzene rings is 2. The molecule has 0 saturated carbocycles. The first kappa shape index (κ1) is 27.4. The Morgan fingerprint density at radius 2 is 1.63 bits per heavy atom. The van der Waals surface area contributed by atoms with E-state index in [9.17, 15) is 18.0 Å². The predicted molar refractivity (Wildman–Crippen MR) is 143 cm³/mol. The Morgan fingerprint density at radius 3 is 2.16 bits per heavy atom. The number of likely N-dealkylation sites (tertiary alicyclic amines) is 1. The first-order valence-corrected chi connectivity index (χ1v) is 13.9. The summed E-state index contributed by atoms with van der Waals surface area (Å²) >= 11 is 0. The first-order valence-electron chi connectivity index (χ1n) is 12.4. The van der Waals surface area contributed by atoms with Crippen molar-refractivity contribution >= 4 is 22.0 Å². The van der Waals surface area contributed by atoms with Crippen LogP contribution in [-0.4, -0.2) is 48.7 Å². The van der Waals surface area contributed by atoms with Crippen molar-refractivity contribution < 1.29 is 18.0 Å². The van der Waals surface area contributed by atoms with E-state index in [0.717, 1.165) is 22.4 Å². The number of carbonyl (C=O) groups is 2. The maximum atomic E-state index is 14.0. The molecular weight excluding hydrogens is 504 g/mol. The molecule has 0 radical (unpaired) electrons. The van der Waals surface area contributed by atoms with Crippen LogP contribution in [0.5, 0.6) is 0 Å². The summed E-state index contributed by atoms with van der Waals surface area (Å²) in [5.74, 6) is -1.49. The van der Waals surface area contributed by atoms with Crippen molar-refractivity contribution in [2.75, 3.05) is 6.54 Å². The summed E-state index contributed by atoms with van der Waals surface area (Å²) in [7, 11) is -4.26. The van der Waals surface area contributed by atoms with Gasteiger partial charge < -0.3 is 16.0 Å². The molecule has 1 saturated heterocycles. The summed E-state index contributed by atoms with van der Waals surface area (Å²) in [5, 5.41) is 8.27. The van der Waals surface area contributed by atoms with Crippen LogP contribution in [-0.2, 0) is 32.9 Å². The van der Waals surface area contributed by atoms with E-state index in [4.69, 9.17) is 10.9 Å². The summed E-state index contributed by atoms with van der Waals surface area (Å²) in [6, 6.07) is 20.0. The van der Waals surface area contributed by atoms with Crippen LogP contribution in [0.1, 0.15) is 41.1 Å². The van der Waals surface area contributed by atoms with Gasteiger partial charge in [-0.25, -0.2) is 5.14 Å². The van der Waals surface area contributed by atoms with Gasteiger partial charge in [-0.3, -0.25) is 14.6 Å². The minimum Gasteiger partial charge on any atom is -0.350 e. The Morgan fingerprint density at radius 1 is 1.00 bits per heavy atom. The Labute approximate surface area is 222 Å². The van der Waals surface area contributed by atoms with Gasteiger partial charge >= 0.3 is 0 Å². The predicted octanol–water partition coefficient (Wildman–Crippen LogP) is 1.14. The molecule has 2 amide bonds. The van der Waals surface area contributed by atoms with Gasteiger partial charge in [0.15, 0.2) is 0 Å². The number of nitrogens with zero attached hydrogens (tertiary/aromatic N) is 2. The lowest BCUT2D eigenvalue weighted by Crippen LogP contribution is -2.56. The van der Waals surface area contributed by atoms with Gasteiger partial charge in [0.1, 0.15) is 12.1 Å². The molecule has 200 valence electrons.